The number of rotatable bonds is 10. The molecule has 0 radical (unpaired) electrons. The van der Waals surface area contributed by atoms with Crippen LogP contribution in [0.1, 0.15) is 62.3 Å². The number of ether oxygens (including phenoxy) is 2. The summed E-state index contributed by atoms with van der Waals surface area (Å²) in [5.41, 5.74) is 7.17. The molecule has 4 atom stereocenters. The van der Waals surface area contributed by atoms with E-state index in [2.05, 4.69) is 28.5 Å². The number of benzene rings is 5. The van der Waals surface area contributed by atoms with E-state index in [4.69, 9.17) is 9.47 Å². The summed E-state index contributed by atoms with van der Waals surface area (Å²) in [5, 5.41) is 22.8. The Morgan fingerprint density at radius 3 is 2.15 bits per heavy atom. The molecule has 260 valence electrons. The number of hydrogen-bond donors (Lipinski definition) is 1. The Morgan fingerprint density at radius 2 is 1.42 bits per heavy atom. The minimum Gasteiger partial charge on any atom is -0.392 e. The Hall–Kier alpha value is -5.46. The highest BCUT2D eigenvalue weighted by Gasteiger charge is 2.39. The van der Waals surface area contributed by atoms with E-state index < -0.39 is 6.29 Å². The van der Waals surface area contributed by atoms with Gasteiger partial charge in [0.2, 0.25) is 5.16 Å². The average Bonchev–Trinajstić information content (AvgIpc) is 3.77. The molecule has 6 aromatic rings. The van der Waals surface area contributed by atoms with Gasteiger partial charge < -0.3 is 14.6 Å². The van der Waals surface area contributed by atoms with E-state index in [9.17, 15) is 14.7 Å². The average molecular weight is 710 g/mol. The van der Waals surface area contributed by atoms with Gasteiger partial charge in [0.15, 0.2) is 6.29 Å². The number of aliphatic hydroxyl groups excluding tert-OH is 1. The van der Waals surface area contributed by atoms with Gasteiger partial charge in [-0.15, -0.1) is 5.10 Å². The number of hydrogen-bond acceptors (Lipinski definition) is 9. The van der Waals surface area contributed by atoms with E-state index in [1.54, 1.807) is 28.9 Å². The standard InChI is InChI=1S/C41H35N5O5S/c1-26-36(25-52-41-42-43-44-46(41)33-13-3-2-4-14-33)50-40(51-37(26)29-19-17-27(24-47)18-20-29)32-12-8-11-31(22-32)30-10-7-9-28(21-30)23-45-38(48)34-15-5-6-16-35(34)39(45)49/h2-22,26,36-37,40,47H,23-25H2,1H3/t26-,36+,37+,40+/m1/s1. The van der Waals surface area contributed by atoms with Gasteiger partial charge in [-0.1, -0.05) is 110 Å². The summed E-state index contributed by atoms with van der Waals surface area (Å²) in [6.45, 7) is 2.27. The van der Waals surface area contributed by atoms with Crippen molar-refractivity contribution in [2.75, 3.05) is 5.75 Å². The molecule has 3 heterocycles. The van der Waals surface area contributed by atoms with Crippen LogP contribution in [-0.4, -0.2) is 53.9 Å². The normalized spacial score (nSPS) is 19.9. The molecule has 2 aliphatic rings. The van der Waals surface area contributed by atoms with Gasteiger partial charge in [-0.2, -0.15) is 4.68 Å². The molecule has 1 N–H and O–H groups in total. The number of aliphatic hydroxyl groups is 1. The van der Waals surface area contributed by atoms with Gasteiger partial charge in [0.25, 0.3) is 11.8 Å². The van der Waals surface area contributed by atoms with Crippen molar-refractivity contribution >= 4 is 23.6 Å². The SMILES string of the molecule is C[C@@H]1[C@H](CSc2nnnn2-c2ccccc2)O[C@H](c2cccc(-c3cccc(CN4C(=O)c5ccccc5C4=O)c3)c2)O[C@@H]1c1ccc(CO)cc1. The smallest absolute Gasteiger partial charge is 0.261 e. The predicted molar refractivity (Wildman–Crippen MR) is 195 cm³/mol. The molecule has 10 nitrogen and oxygen atoms in total. The van der Waals surface area contributed by atoms with Crippen LogP contribution in [0.3, 0.4) is 0 Å². The number of para-hydroxylation sites is 1. The van der Waals surface area contributed by atoms with Crippen molar-refractivity contribution < 1.29 is 24.2 Å². The highest BCUT2D eigenvalue weighted by atomic mass is 32.2. The zero-order valence-electron chi connectivity index (χ0n) is 28.3. The van der Waals surface area contributed by atoms with E-state index in [1.807, 2.05) is 97.1 Å². The van der Waals surface area contributed by atoms with Crippen LogP contribution < -0.4 is 0 Å². The van der Waals surface area contributed by atoms with Gasteiger partial charge in [0.1, 0.15) is 0 Å². The first-order valence-electron chi connectivity index (χ1n) is 17.1. The first-order valence-corrected chi connectivity index (χ1v) is 18.1. The van der Waals surface area contributed by atoms with Gasteiger partial charge >= 0.3 is 0 Å². The molecular weight excluding hydrogens is 675 g/mol. The second-order valence-electron chi connectivity index (χ2n) is 12.9. The number of carbonyl (C=O) groups excluding carboxylic acids is 2. The maximum absolute atomic E-state index is 13.0. The number of thioether (sulfide) groups is 1. The third-order valence-electron chi connectivity index (χ3n) is 9.58. The first kappa shape index (κ1) is 33.7. The molecule has 1 aromatic heterocycles. The van der Waals surface area contributed by atoms with Crippen LogP contribution in [0, 0.1) is 5.92 Å². The number of aromatic nitrogens is 4. The summed E-state index contributed by atoms with van der Waals surface area (Å²) in [6.07, 6.45) is -1.18. The number of tetrazole rings is 1. The molecular formula is C41H35N5O5S. The highest BCUT2D eigenvalue weighted by Crippen LogP contribution is 2.43. The Bertz CT molecular complexity index is 2190. The third-order valence-corrected chi connectivity index (χ3v) is 10.6. The fourth-order valence-electron chi connectivity index (χ4n) is 6.75. The molecule has 11 heteroatoms. The van der Waals surface area contributed by atoms with Crippen molar-refractivity contribution in [1.29, 1.82) is 0 Å². The van der Waals surface area contributed by atoms with Crippen LogP contribution in [0.15, 0.2) is 133 Å². The van der Waals surface area contributed by atoms with E-state index in [-0.39, 0.29) is 43.1 Å². The summed E-state index contributed by atoms with van der Waals surface area (Å²) >= 11 is 1.53. The minimum absolute atomic E-state index is 0.0215. The molecule has 52 heavy (non-hydrogen) atoms. The Kier molecular flexibility index (Phi) is 9.48. The minimum atomic E-state index is -0.670. The number of nitrogens with zero attached hydrogens (tertiary/aromatic N) is 5. The molecule has 0 saturated carbocycles. The lowest BCUT2D eigenvalue weighted by molar-refractivity contribution is -0.268. The van der Waals surface area contributed by atoms with Crippen molar-refractivity contribution in [3.05, 3.63) is 161 Å². The predicted octanol–water partition coefficient (Wildman–Crippen LogP) is 7.20. The lowest BCUT2D eigenvalue weighted by Crippen LogP contribution is -2.38. The molecule has 1 saturated heterocycles. The second-order valence-corrected chi connectivity index (χ2v) is 13.9. The molecule has 5 aromatic carbocycles. The van der Waals surface area contributed by atoms with Crippen LogP contribution >= 0.6 is 11.8 Å². The maximum Gasteiger partial charge on any atom is 0.261 e. The highest BCUT2D eigenvalue weighted by molar-refractivity contribution is 7.99. The van der Waals surface area contributed by atoms with E-state index in [0.29, 0.717) is 22.0 Å². The molecule has 0 aliphatic carbocycles. The molecule has 0 unspecified atom stereocenters. The first-order chi connectivity index (χ1) is 25.5. The zero-order chi connectivity index (χ0) is 35.6. The molecule has 2 aliphatic heterocycles. The number of amides is 2. The number of carbonyl (C=O) groups is 2. The fourth-order valence-corrected chi connectivity index (χ4v) is 7.80. The van der Waals surface area contributed by atoms with E-state index in [1.165, 1.54) is 16.7 Å². The Morgan fingerprint density at radius 1 is 0.731 bits per heavy atom. The molecule has 0 spiro atoms. The summed E-state index contributed by atoms with van der Waals surface area (Å²) in [5.74, 6) is 0.00282. The van der Waals surface area contributed by atoms with Crippen LogP contribution in [0.25, 0.3) is 16.8 Å². The summed E-state index contributed by atoms with van der Waals surface area (Å²) in [7, 11) is 0. The topological polar surface area (TPSA) is 120 Å². The largest absolute Gasteiger partial charge is 0.392 e. The fraction of sp³-hybridized carbons (Fsp3) is 0.195. The van der Waals surface area contributed by atoms with Crippen molar-refractivity contribution in [1.82, 2.24) is 25.1 Å². The van der Waals surface area contributed by atoms with Crippen LogP contribution in [-0.2, 0) is 22.6 Å². The quantitative estimate of drug-likeness (QED) is 0.116. The van der Waals surface area contributed by atoms with Crippen LogP contribution in [0.2, 0.25) is 0 Å². The monoisotopic (exact) mass is 709 g/mol. The number of fused-ring (bicyclic) bond motifs is 1. The van der Waals surface area contributed by atoms with Crippen molar-refractivity contribution in [3.63, 3.8) is 0 Å². The molecule has 1 fully saturated rings. The van der Waals surface area contributed by atoms with E-state index in [0.717, 1.165) is 39.1 Å². The van der Waals surface area contributed by atoms with Gasteiger partial charge in [-0.05, 0) is 74.6 Å². The molecule has 0 bridgehead atoms. The third kappa shape index (κ3) is 6.67. The van der Waals surface area contributed by atoms with Gasteiger partial charge in [-0.25, -0.2) is 0 Å². The summed E-state index contributed by atoms with van der Waals surface area (Å²) < 4.78 is 15.2. The van der Waals surface area contributed by atoms with Crippen molar-refractivity contribution in [2.45, 2.75) is 43.7 Å². The van der Waals surface area contributed by atoms with Crippen LogP contribution in [0.4, 0.5) is 0 Å². The Labute approximate surface area is 305 Å². The number of imide groups is 1. The van der Waals surface area contributed by atoms with Crippen molar-refractivity contribution in [3.8, 4) is 16.8 Å². The maximum atomic E-state index is 13.0. The van der Waals surface area contributed by atoms with Gasteiger partial charge in [-0.3, -0.25) is 14.5 Å². The zero-order valence-corrected chi connectivity index (χ0v) is 29.1. The second kappa shape index (κ2) is 14.6. The molecule has 8 rings (SSSR count). The van der Waals surface area contributed by atoms with Gasteiger partial charge in [0.05, 0.1) is 42.2 Å². The summed E-state index contributed by atoms with van der Waals surface area (Å²) in [6, 6.07) is 40.5. The Balaban J connectivity index is 1.05. The lowest BCUT2D eigenvalue weighted by atomic mass is 9.91. The van der Waals surface area contributed by atoms with Gasteiger partial charge in [0, 0.05) is 17.2 Å². The van der Waals surface area contributed by atoms with Crippen molar-refractivity contribution in [2.24, 2.45) is 5.92 Å². The molecule has 2 amide bonds. The summed E-state index contributed by atoms with van der Waals surface area (Å²) in [4.78, 5) is 27.4. The lowest BCUT2D eigenvalue weighted by Gasteiger charge is -2.41. The van der Waals surface area contributed by atoms with E-state index >= 15 is 0 Å². The van der Waals surface area contributed by atoms with Crippen LogP contribution in [0.5, 0.6) is 0 Å².